The van der Waals surface area contributed by atoms with Gasteiger partial charge < -0.3 is 0 Å². The fraction of sp³-hybridized carbons (Fsp3) is 0.143. The van der Waals surface area contributed by atoms with E-state index in [-0.39, 0.29) is 13.1 Å². The molecule has 2 N–H and O–H groups in total. The number of nitrogens with zero attached hydrogens (tertiary/aromatic N) is 3. The normalized spacial score (nSPS) is 27.1. The van der Waals surface area contributed by atoms with Gasteiger partial charge in [0.15, 0.2) is 0 Å². The smallest absolute Gasteiger partial charge is 0.235 e. The Balaban J connectivity index is 1.83. The van der Waals surface area contributed by atoms with E-state index >= 15 is 0 Å². The summed E-state index contributed by atoms with van der Waals surface area (Å²) in [6.45, 7) is -0.173. The van der Waals surface area contributed by atoms with Crippen molar-refractivity contribution in [2.75, 3.05) is 0 Å². The van der Waals surface area contributed by atoms with Gasteiger partial charge in [0, 0.05) is 13.1 Å². The molecule has 140 valence electrons. The summed E-state index contributed by atoms with van der Waals surface area (Å²) >= 11 is 0. The molecule has 2 aromatic carbocycles. The Kier molecular flexibility index (Phi) is 5.85. The number of hydrogen-bond donors (Lipinski definition) is 2. The van der Waals surface area contributed by atoms with Crippen molar-refractivity contribution in [3.05, 3.63) is 71.8 Å². The fourth-order valence-electron chi connectivity index (χ4n) is 2.20. The molecular formula is C14H16F4N5P3. The lowest BCUT2D eigenvalue weighted by molar-refractivity contribution is 0.712. The lowest BCUT2D eigenvalue weighted by Gasteiger charge is -2.22. The van der Waals surface area contributed by atoms with Gasteiger partial charge in [-0.15, -0.1) is 17.4 Å². The maximum Gasteiger partial charge on any atom is 0.423 e. The Bertz CT molecular complexity index is 881. The van der Waals surface area contributed by atoms with E-state index in [4.69, 9.17) is 0 Å². The molecule has 3 rings (SSSR count). The van der Waals surface area contributed by atoms with Crippen LogP contribution in [-0.4, -0.2) is 0 Å². The third-order valence-corrected chi connectivity index (χ3v) is 9.98. The zero-order valence-corrected chi connectivity index (χ0v) is 16.1. The van der Waals surface area contributed by atoms with Gasteiger partial charge in [0.05, 0.1) is 0 Å². The number of halogens is 4. The van der Waals surface area contributed by atoms with Gasteiger partial charge in [-0.1, -0.05) is 60.7 Å². The largest absolute Gasteiger partial charge is 0.423 e. The van der Waals surface area contributed by atoms with E-state index in [2.05, 4.69) is 23.7 Å². The summed E-state index contributed by atoms with van der Waals surface area (Å²) in [5.41, 5.74) is 1.30. The highest BCUT2D eigenvalue weighted by molar-refractivity contribution is 7.79. The van der Waals surface area contributed by atoms with E-state index in [1.54, 1.807) is 60.7 Å². The minimum atomic E-state index is -5.44. The van der Waals surface area contributed by atoms with E-state index in [0.717, 1.165) is 0 Å². The van der Waals surface area contributed by atoms with Crippen LogP contribution in [0.3, 0.4) is 0 Å². The van der Waals surface area contributed by atoms with Gasteiger partial charge in [-0.05, 0) is 11.1 Å². The Morgan fingerprint density at radius 3 is 1.50 bits per heavy atom. The van der Waals surface area contributed by atoms with Crippen molar-refractivity contribution in [3.8, 4) is 0 Å². The van der Waals surface area contributed by atoms with E-state index in [9.17, 15) is 16.8 Å². The highest BCUT2D eigenvalue weighted by atomic mass is 31.3. The molecule has 0 fully saturated rings. The molecule has 0 aromatic heterocycles. The van der Waals surface area contributed by atoms with Crippen molar-refractivity contribution in [2.24, 2.45) is 13.5 Å². The Morgan fingerprint density at radius 2 is 1.04 bits per heavy atom. The van der Waals surface area contributed by atoms with Crippen molar-refractivity contribution in [3.63, 3.8) is 0 Å². The molecule has 0 amide bonds. The second-order valence-electron chi connectivity index (χ2n) is 5.42. The van der Waals surface area contributed by atoms with Crippen LogP contribution in [0.25, 0.3) is 0 Å². The number of hydrogen-bond acceptors (Lipinski definition) is 5. The van der Waals surface area contributed by atoms with Crippen molar-refractivity contribution in [2.45, 2.75) is 13.1 Å². The molecule has 1 aliphatic heterocycles. The molecule has 0 saturated heterocycles. The summed E-state index contributed by atoms with van der Waals surface area (Å²) in [6.07, 6.45) is 0. The number of rotatable bonds is 6. The SMILES string of the molecule is FP1(F)=NP(F)(NCc2ccccc2)=NP(F)(NCc2ccccc2)=N1. The van der Waals surface area contributed by atoms with Crippen molar-refractivity contribution in [1.29, 1.82) is 0 Å². The summed E-state index contributed by atoms with van der Waals surface area (Å²) in [4.78, 5) is 0. The maximum absolute atomic E-state index is 14.9. The van der Waals surface area contributed by atoms with Crippen LogP contribution in [0.4, 0.5) is 16.8 Å². The van der Waals surface area contributed by atoms with Crippen molar-refractivity contribution in [1.82, 2.24) is 10.2 Å². The molecule has 2 aromatic rings. The van der Waals surface area contributed by atoms with Gasteiger partial charge in [-0.25, -0.2) is 10.2 Å². The maximum atomic E-state index is 14.9. The van der Waals surface area contributed by atoms with Gasteiger partial charge in [-0.3, -0.25) is 0 Å². The van der Waals surface area contributed by atoms with Crippen molar-refractivity contribution >= 4 is 23.2 Å². The van der Waals surface area contributed by atoms with Crippen LogP contribution in [-0.2, 0) is 13.1 Å². The summed E-state index contributed by atoms with van der Waals surface area (Å²) in [6, 6.07) is 17.2. The van der Waals surface area contributed by atoms with Gasteiger partial charge in [-0.2, -0.15) is 12.9 Å². The Morgan fingerprint density at radius 1 is 0.615 bits per heavy atom. The summed E-state index contributed by atoms with van der Waals surface area (Å²) in [5.74, 6) is 0. The van der Waals surface area contributed by atoms with E-state index in [1.165, 1.54) is 0 Å². The zero-order valence-electron chi connectivity index (χ0n) is 13.4. The average molecular weight is 423 g/mol. The van der Waals surface area contributed by atoms with E-state index < -0.39 is 23.2 Å². The first-order valence-corrected chi connectivity index (χ1v) is 12.2. The summed E-state index contributed by atoms with van der Waals surface area (Å²) < 4.78 is 66.5. The first-order valence-electron chi connectivity index (χ1n) is 7.56. The van der Waals surface area contributed by atoms with Crippen LogP contribution < -0.4 is 10.2 Å². The van der Waals surface area contributed by atoms with E-state index in [1.807, 2.05) is 0 Å². The average Bonchev–Trinajstić information content (AvgIpc) is 2.58. The zero-order chi connectivity index (χ0) is 18.7. The third kappa shape index (κ3) is 5.38. The molecule has 0 spiro atoms. The molecule has 12 heteroatoms. The minimum absolute atomic E-state index is 0.0865. The van der Waals surface area contributed by atoms with Gasteiger partial charge in [0.2, 0.25) is 0 Å². The predicted octanol–water partition coefficient (Wildman–Crippen LogP) is 7.30. The first-order chi connectivity index (χ1) is 12.3. The summed E-state index contributed by atoms with van der Waals surface area (Å²) in [7, 11) is -14.6. The van der Waals surface area contributed by atoms with Gasteiger partial charge in [0.1, 0.15) is 0 Å². The molecule has 0 aliphatic carbocycles. The molecule has 1 heterocycles. The van der Waals surface area contributed by atoms with Crippen molar-refractivity contribution < 1.29 is 16.8 Å². The van der Waals surface area contributed by atoms with Crippen LogP contribution in [0.1, 0.15) is 11.1 Å². The summed E-state index contributed by atoms with van der Waals surface area (Å²) in [5, 5.41) is 4.54. The molecule has 0 radical (unpaired) electrons. The fourth-order valence-corrected chi connectivity index (χ4v) is 8.91. The monoisotopic (exact) mass is 423 g/mol. The van der Waals surface area contributed by atoms with Crippen LogP contribution in [0, 0.1) is 0 Å². The quantitative estimate of drug-likeness (QED) is 0.378. The lowest BCUT2D eigenvalue weighted by atomic mass is 10.2. The van der Waals surface area contributed by atoms with Gasteiger partial charge >= 0.3 is 23.2 Å². The highest BCUT2D eigenvalue weighted by Crippen LogP contribution is 2.78. The standard InChI is InChI=1S/C14H16F4N5P3/c15-24(16)21-25(17,19-11-13-7-3-1-4-8-13)23-26(18,22-24)20-12-14-9-5-2-6-10-14/h1-10,19-20H,11-12H2. The Hall–Kier alpha value is -1.23. The lowest BCUT2D eigenvalue weighted by Crippen LogP contribution is -2.10. The number of benzene rings is 2. The highest BCUT2D eigenvalue weighted by Gasteiger charge is 2.38. The number of nitrogens with one attached hydrogen (secondary N) is 2. The molecule has 0 saturated carbocycles. The molecule has 2 atom stereocenters. The molecular weight excluding hydrogens is 407 g/mol. The van der Waals surface area contributed by atoms with E-state index in [0.29, 0.717) is 11.1 Å². The molecule has 1 aliphatic rings. The predicted molar refractivity (Wildman–Crippen MR) is 99.0 cm³/mol. The minimum Gasteiger partial charge on any atom is -0.235 e. The van der Waals surface area contributed by atoms with Crippen LogP contribution >= 0.6 is 23.2 Å². The molecule has 5 nitrogen and oxygen atoms in total. The first kappa shape index (κ1) is 19.5. The molecule has 26 heavy (non-hydrogen) atoms. The van der Waals surface area contributed by atoms with Gasteiger partial charge in [0.25, 0.3) is 0 Å². The third-order valence-electron chi connectivity index (χ3n) is 3.34. The molecule has 0 bridgehead atoms. The van der Waals surface area contributed by atoms with Crippen LogP contribution in [0.15, 0.2) is 74.2 Å². The van der Waals surface area contributed by atoms with Crippen LogP contribution in [0.2, 0.25) is 0 Å². The Labute approximate surface area is 149 Å². The second kappa shape index (κ2) is 7.79. The van der Waals surface area contributed by atoms with Crippen LogP contribution in [0.5, 0.6) is 0 Å². The topological polar surface area (TPSA) is 61.1 Å². The molecule has 2 unspecified atom stereocenters. The second-order valence-corrected chi connectivity index (χ2v) is 11.2.